The molecule has 2 fully saturated rings. The number of rotatable bonds is 7. The van der Waals surface area contributed by atoms with E-state index in [1.165, 1.54) is 0 Å². The number of aliphatic carboxylic acids is 1. The first-order chi connectivity index (χ1) is 10.6. The first kappa shape index (κ1) is 17.2. The number of hydrogen-bond acceptors (Lipinski definition) is 4. The first-order valence-corrected chi connectivity index (χ1v) is 8.22. The molecule has 2 atom stereocenters. The molecular weight excluding hydrogens is 286 g/mol. The van der Waals surface area contributed by atoms with Crippen LogP contribution in [0.2, 0.25) is 0 Å². The summed E-state index contributed by atoms with van der Waals surface area (Å²) in [5.74, 6) is -0.124. The van der Waals surface area contributed by atoms with Crippen LogP contribution in [0.4, 0.5) is 0 Å². The maximum Gasteiger partial charge on any atom is 0.305 e. The number of likely N-dealkylation sites (tertiary alicyclic amines) is 1. The highest BCUT2D eigenvalue weighted by Crippen LogP contribution is 2.25. The van der Waals surface area contributed by atoms with Gasteiger partial charge in [0, 0.05) is 39.3 Å². The van der Waals surface area contributed by atoms with Crippen molar-refractivity contribution in [3.05, 3.63) is 0 Å². The molecule has 0 aromatic heterocycles. The van der Waals surface area contributed by atoms with Crippen molar-refractivity contribution in [1.29, 1.82) is 0 Å². The summed E-state index contributed by atoms with van der Waals surface area (Å²) >= 11 is 0. The minimum atomic E-state index is -0.859. The number of hydrogen-bond donors (Lipinski definition) is 1. The van der Waals surface area contributed by atoms with E-state index in [2.05, 4.69) is 0 Å². The van der Waals surface area contributed by atoms with Gasteiger partial charge in [0.15, 0.2) is 0 Å². The Morgan fingerprint density at radius 1 is 1.32 bits per heavy atom. The molecule has 2 rings (SSSR count). The van der Waals surface area contributed by atoms with Crippen LogP contribution in [0, 0.1) is 5.92 Å². The van der Waals surface area contributed by atoms with Crippen molar-refractivity contribution in [2.75, 3.05) is 26.9 Å². The van der Waals surface area contributed by atoms with Crippen molar-refractivity contribution >= 4 is 11.9 Å². The van der Waals surface area contributed by atoms with Gasteiger partial charge in [-0.3, -0.25) is 9.59 Å². The zero-order valence-electron chi connectivity index (χ0n) is 13.3. The summed E-state index contributed by atoms with van der Waals surface area (Å²) in [6, 6.07) is -0.224. The predicted molar refractivity (Wildman–Crippen MR) is 80.6 cm³/mol. The zero-order chi connectivity index (χ0) is 15.9. The van der Waals surface area contributed by atoms with E-state index >= 15 is 0 Å². The van der Waals surface area contributed by atoms with E-state index in [0.717, 1.165) is 38.9 Å². The minimum absolute atomic E-state index is 0.00552. The van der Waals surface area contributed by atoms with E-state index in [1.54, 1.807) is 12.0 Å². The molecule has 0 bridgehead atoms. The number of ether oxygens (including phenoxy) is 2. The lowest BCUT2D eigenvalue weighted by molar-refractivity contribution is -0.139. The summed E-state index contributed by atoms with van der Waals surface area (Å²) in [4.78, 5) is 25.1. The summed E-state index contributed by atoms with van der Waals surface area (Å²) in [6.07, 6.45) is 5.20. The molecule has 0 radical (unpaired) electrons. The molecule has 2 aliphatic rings. The Bertz CT molecular complexity index is 381. The Labute approximate surface area is 131 Å². The number of amides is 1. The van der Waals surface area contributed by atoms with Crippen LogP contribution in [0.1, 0.15) is 44.9 Å². The second kappa shape index (κ2) is 8.48. The van der Waals surface area contributed by atoms with Gasteiger partial charge in [-0.15, -0.1) is 0 Å². The third kappa shape index (κ3) is 4.95. The molecule has 0 saturated carbocycles. The molecule has 0 spiro atoms. The zero-order valence-corrected chi connectivity index (χ0v) is 13.3. The molecule has 1 N–H and O–H groups in total. The fourth-order valence-corrected chi connectivity index (χ4v) is 3.47. The fourth-order valence-electron chi connectivity index (χ4n) is 3.47. The largest absolute Gasteiger partial charge is 0.481 e. The van der Waals surface area contributed by atoms with Gasteiger partial charge in [0.05, 0.1) is 12.5 Å². The number of carbonyl (C=O) groups excluding carboxylic acids is 1. The Morgan fingerprint density at radius 3 is 2.68 bits per heavy atom. The average molecular weight is 313 g/mol. The highest BCUT2D eigenvalue weighted by molar-refractivity contribution is 5.78. The van der Waals surface area contributed by atoms with Crippen LogP contribution in [0.3, 0.4) is 0 Å². The molecule has 6 heteroatoms. The van der Waals surface area contributed by atoms with E-state index in [-0.39, 0.29) is 24.5 Å². The lowest BCUT2D eigenvalue weighted by Gasteiger charge is -2.24. The van der Waals surface area contributed by atoms with Gasteiger partial charge in [-0.05, 0) is 38.0 Å². The molecule has 126 valence electrons. The van der Waals surface area contributed by atoms with Crippen LogP contribution in [0.25, 0.3) is 0 Å². The average Bonchev–Trinajstić information content (AvgIpc) is 2.90. The number of nitrogens with zero attached hydrogens (tertiary/aromatic N) is 1. The predicted octanol–water partition coefficient (Wildman–Crippen LogP) is 1.67. The lowest BCUT2D eigenvalue weighted by Crippen LogP contribution is -2.37. The van der Waals surface area contributed by atoms with Crippen LogP contribution >= 0.6 is 0 Å². The number of carboxylic acids is 1. The topological polar surface area (TPSA) is 76.1 Å². The van der Waals surface area contributed by atoms with Crippen LogP contribution < -0.4 is 0 Å². The van der Waals surface area contributed by atoms with Crippen molar-refractivity contribution in [3.8, 4) is 0 Å². The first-order valence-electron chi connectivity index (χ1n) is 8.22. The molecule has 2 heterocycles. The Kier molecular flexibility index (Phi) is 6.64. The van der Waals surface area contributed by atoms with Crippen LogP contribution in [-0.2, 0) is 19.1 Å². The third-order valence-corrected chi connectivity index (χ3v) is 4.78. The molecule has 2 saturated heterocycles. The third-order valence-electron chi connectivity index (χ3n) is 4.78. The smallest absolute Gasteiger partial charge is 0.305 e. The van der Waals surface area contributed by atoms with E-state index < -0.39 is 5.97 Å². The Hall–Kier alpha value is -1.14. The Balaban J connectivity index is 1.77. The number of carboxylic acid groups (broad SMARTS) is 1. The van der Waals surface area contributed by atoms with Gasteiger partial charge in [0.25, 0.3) is 0 Å². The summed E-state index contributed by atoms with van der Waals surface area (Å²) in [7, 11) is 1.61. The second-order valence-corrected chi connectivity index (χ2v) is 6.34. The van der Waals surface area contributed by atoms with Gasteiger partial charge in [0.2, 0.25) is 5.91 Å². The summed E-state index contributed by atoms with van der Waals surface area (Å²) in [5, 5.41) is 8.99. The van der Waals surface area contributed by atoms with E-state index in [0.29, 0.717) is 25.3 Å². The summed E-state index contributed by atoms with van der Waals surface area (Å²) in [6.45, 7) is 2.19. The number of carbonyl (C=O) groups is 2. The molecular formula is C16H27NO5. The Morgan fingerprint density at radius 2 is 2.05 bits per heavy atom. The van der Waals surface area contributed by atoms with Gasteiger partial charge in [-0.1, -0.05) is 0 Å². The van der Waals surface area contributed by atoms with Crippen molar-refractivity contribution in [2.45, 2.75) is 57.1 Å². The van der Waals surface area contributed by atoms with Crippen molar-refractivity contribution in [1.82, 2.24) is 4.90 Å². The molecule has 1 amide bonds. The molecule has 2 aliphatic heterocycles. The highest BCUT2D eigenvalue weighted by atomic mass is 16.5. The molecule has 22 heavy (non-hydrogen) atoms. The van der Waals surface area contributed by atoms with Gasteiger partial charge in [0.1, 0.15) is 0 Å². The highest BCUT2D eigenvalue weighted by Gasteiger charge is 2.36. The van der Waals surface area contributed by atoms with Crippen molar-refractivity contribution in [3.63, 3.8) is 0 Å². The van der Waals surface area contributed by atoms with Crippen LogP contribution in [0.15, 0.2) is 0 Å². The molecule has 6 nitrogen and oxygen atoms in total. The van der Waals surface area contributed by atoms with E-state index in [4.69, 9.17) is 14.6 Å². The second-order valence-electron chi connectivity index (χ2n) is 6.34. The van der Waals surface area contributed by atoms with E-state index in [1.807, 2.05) is 0 Å². The normalized spacial score (nSPS) is 26.3. The quantitative estimate of drug-likeness (QED) is 0.774. The van der Waals surface area contributed by atoms with Crippen LogP contribution in [0.5, 0.6) is 0 Å². The van der Waals surface area contributed by atoms with Crippen molar-refractivity contribution in [2.24, 2.45) is 5.92 Å². The summed E-state index contributed by atoms with van der Waals surface area (Å²) < 4.78 is 10.6. The van der Waals surface area contributed by atoms with Gasteiger partial charge in [-0.25, -0.2) is 0 Å². The molecule has 2 unspecified atom stereocenters. The van der Waals surface area contributed by atoms with Gasteiger partial charge in [-0.2, -0.15) is 0 Å². The SMILES string of the molecule is COC1CC(CC(=O)O)N(C(=O)CCCC2CCOCC2)C1. The maximum absolute atomic E-state index is 12.4. The molecule has 0 aliphatic carbocycles. The standard InChI is InChI=1S/C16H27NO5/c1-21-14-9-13(10-16(19)20)17(11-14)15(18)4-2-3-12-5-7-22-8-6-12/h12-14H,2-11H2,1H3,(H,19,20). The fraction of sp³-hybridized carbons (Fsp3) is 0.875. The number of methoxy groups -OCH3 is 1. The monoisotopic (exact) mass is 313 g/mol. The van der Waals surface area contributed by atoms with Crippen molar-refractivity contribution < 1.29 is 24.2 Å². The molecule has 0 aromatic carbocycles. The maximum atomic E-state index is 12.4. The molecule has 0 aromatic rings. The van der Waals surface area contributed by atoms with Gasteiger partial charge >= 0.3 is 5.97 Å². The summed E-state index contributed by atoms with van der Waals surface area (Å²) in [5.41, 5.74) is 0. The van der Waals surface area contributed by atoms with Crippen LogP contribution in [-0.4, -0.2) is 60.9 Å². The minimum Gasteiger partial charge on any atom is -0.481 e. The van der Waals surface area contributed by atoms with E-state index in [9.17, 15) is 9.59 Å². The lowest BCUT2D eigenvalue weighted by atomic mass is 9.94. The van der Waals surface area contributed by atoms with Gasteiger partial charge < -0.3 is 19.5 Å².